The van der Waals surface area contributed by atoms with Crippen molar-refractivity contribution in [1.82, 2.24) is 19.4 Å². The SMILES string of the molecule is COC(=O)c1cc(F)c2nc(CN3CCN(c4cccc5c4O[C@](C)(c4ccc(Cl)cn4)O5)[C@@H]4CC[C@H]43)n(CC3(C#N)CC3)c2c1. The molecule has 3 fully saturated rings. The van der Waals surface area contributed by atoms with Crippen molar-refractivity contribution in [2.75, 3.05) is 25.1 Å². The van der Waals surface area contributed by atoms with Crippen LogP contribution in [-0.2, 0) is 23.6 Å². The first-order valence-electron chi connectivity index (χ1n) is 15.5. The van der Waals surface area contributed by atoms with Crippen LogP contribution in [0.4, 0.5) is 10.1 Å². The van der Waals surface area contributed by atoms with Gasteiger partial charge in [-0.05, 0) is 62.1 Å². The molecule has 0 N–H and O–H groups in total. The number of para-hydroxylation sites is 1. The quantitative estimate of drug-likeness (QED) is 0.231. The minimum Gasteiger partial charge on any atom is -0.465 e. The third-order valence-corrected chi connectivity index (χ3v) is 10.2. The highest BCUT2D eigenvalue weighted by Gasteiger charge is 2.48. The normalized spacial score (nSPS) is 24.3. The molecule has 12 heteroatoms. The zero-order valence-corrected chi connectivity index (χ0v) is 26.3. The number of benzene rings is 2. The Labute approximate surface area is 270 Å². The second-order valence-corrected chi connectivity index (χ2v) is 13.3. The van der Waals surface area contributed by atoms with Crippen LogP contribution in [0.5, 0.6) is 11.5 Å². The Morgan fingerprint density at radius 2 is 2.00 bits per heavy atom. The summed E-state index contributed by atoms with van der Waals surface area (Å²) in [5, 5.41) is 10.4. The van der Waals surface area contributed by atoms with E-state index < -0.39 is 23.0 Å². The molecule has 2 aromatic heterocycles. The molecule has 0 amide bonds. The Hall–Kier alpha value is -4.40. The number of anilines is 1. The number of nitrogens with zero attached hydrogens (tertiary/aromatic N) is 6. The van der Waals surface area contributed by atoms with Crippen LogP contribution >= 0.6 is 11.6 Å². The fourth-order valence-electron chi connectivity index (χ4n) is 7.11. The minimum absolute atomic E-state index is 0.124. The first kappa shape index (κ1) is 29.0. The summed E-state index contributed by atoms with van der Waals surface area (Å²) in [7, 11) is 1.27. The predicted molar refractivity (Wildman–Crippen MR) is 167 cm³/mol. The maximum atomic E-state index is 15.3. The molecule has 4 aliphatic rings. The Bertz CT molecular complexity index is 1920. The summed E-state index contributed by atoms with van der Waals surface area (Å²) in [6.45, 7) is 4.27. The first-order chi connectivity index (χ1) is 22.2. The fourth-order valence-corrected chi connectivity index (χ4v) is 7.22. The van der Waals surface area contributed by atoms with Crippen molar-refractivity contribution in [3.05, 3.63) is 76.6 Å². The van der Waals surface area contributed by atoms with Gasteiger partial charge in [-0.1, -0.05) is 17.7 Å². The number of methoxy groups -OCH3 is 1. The third-order valence-electron chi connectivity index (χ3n) is 9.97. The number of hydrogen-bond donors (Lipinski definition) is 0. The number of esters is 1. The van der Waals surface area contributed by atoms with Gasteiger partial charge in [-0.25, -0.2) is 14.2 Å². The highest BCUT2D eigenvalue weighted by Crippen LogP contribution is 2.51. The van der Waals surface area contributed by atoms with Crippen LogP contribution in [0.15, 0.2) is 48.7 Å². The van der Waals surface area contributed by atoms with E-state index in [2.05, 4.69) is 26.9 Å². The summed E-state index contributed by atoms with van der Waals surface area (Å²) in [5.41, 5.74) is 1.96. The van der Waals surface area contributed by atoms with E-state index in [1.807, 2.05) is 29.7 Å². The van der Waals surface area contributed by atoms with Crippen LogP contribution in [-0.4, -0.2) is 57.7 Å². The van der Waals surface area contributed by atoms with E-state index in [-0.39, 0.29) is 23.2 Å². The van der Waals surface area contributed by atoms with Crippen molar-refractivity contribution in [1.29, 1.82) is 5.26 Å². The van der Waals surface area contributed by atoms with Gasteiger partial charge in [0.1, 0.15) is 17.0 Å². The molecule has 0 bridgehead atoms. The summed E-state index contributed by atoms with van der Waals surface area (Å²) >= 11 is 6.07. The molecule has 2 saturated carbocycles. The molecule has 0 spiro atoms. The monoisotopic (exact) mass is 642 g/mol. The van der Waals surface area contributed by atoms with Crippen molar-refractivity contribution in [3.63, 3.8) is 0 Å². The number of carbonyl (C=O) groups is 1. The van der Waals surface area contributed by atoms with Crippen LogP contribution in [0.25, 0.3) is 11.0 Å². The molecule has 236 valence electrons. The maximum Gasteiger partial charge on any atom is 0.338 e. The largest absolute Gasteiger partial charge is 0.465 e. The first-order valence-corrected chi connectivity index (χ1v) is 15.9. The van der Waals surface area contributed by atoms with E-state index in [0.717, 1.165) is 44.5 Å². The van der Waals surface area contributed by atoms with Crippen molar-refractivity contribution >= 4 is 34.3 Å². The van der Waals surface area contributed by atoms with Crippen molar-refractivity contribution in [2.45, 2.75) is 63.6 Å². The van der Waals surface area contributed by atoms with Gasteiger partial charge in [0.25, 0.3) is 5.79 Å². The van der Waals surface area contributed by atoms with Crippen LogP contribution in [0.2, 0.25) is 5.02 Å². The molecular weight excluding hydrogens is 611 g/mol. The molecule has 2 aliphatic heterocycles. The fraction of sp³-hybridized carbons (Fsp3) is 0.412. The lowest BCUT2D eigenvalue weighted by atomic mass is 9.81. The average Bonchev–Trinajstić information content (AvgIpc) is 3.60. The van der Waals surface area contributed by atoms with E-state index in [1.54, 1.807) is 18.3 Å². The Kier molecular flexibility index (Phi) is 6.67. The van der Waals surface area contributed by atoms with Crippen LogP contribution in [0, 0.1) is 22.6 Å². The van der Waals surface area contributed by atoms with Crippen LogP contribution in [0.1, 0.15) is 54.5 Å². The highest BCUT2D eigenvalue weighted by molar-refractivity contribution is 6.30. The van der Waals surface area contributed by atoms with Crippen molar-refractivity contribution in [2.24, 2.45) is 5.41 Å². The molecule has 2 aliphatic carbocycles. The molecule has 46 heavy (non-hydrogen) atoms. The second-order valence-electron chi connectivity index (χ2n) is 12.8. The number of aromatic nitrogens is 3. The summed E-state index contributed by atoms with van der Waals surface area (Å²) in [6.07, 6.45) is 5.19. The molecule has 10 nitrogen and oxygen atoms in total. The molecule has 4 heterocycles. The molecule has 2 aromatic carbocycles. The lowest BCUT2D eigenvalue weighted by Crippen LogP contribution is -2.64. The number of imidazole rings is 1. The number of pyridine rings is 1. The van der Waals surface area contributed by atoms with Gasteiger partial charge in [0.05, 0.1) is 46.9 Å². The van der Waals surface area contributed by atoms with Crippen LogP contribution < -0.4 is 14.4 Å². The number of piperazine rings is 1. The highest BCUT2D eigenvalue weighted by atomic mass is 35.5. The Morgan fingerprint density at radius 3 is 2.70 bits per heavy atom. The number of rotatable bonds is 7. The Balaban J connectivity index is 1.07. The topological polar surface area (TPSA) is 106 Å². The number of fused-ring (bicyclic) bond motifs is 3. The van der Waals surface area contributed by atoms with Gasteiger partial charge in [0.2, 0.25) is 0 Å². The zero-order chi connectivity index (χ0) is 31.8. The van der Waals surface area contributed by atoms with E-state index in [1.165, 1.54) is 13.2 Å². The minimum atomic E-state index is -1.08. The van der Waals surface area contributed by atoms with Crippen molar-refractivity contribution < 1.29 is 23.4 Å². The molecule has 3 atom stereocenters. The number of carbonyl (C=O) groups excluding carboxylic acids is 1. The van der Waals surface area contributed by atoms with Gasteiger partial charge in [0.15, 0.2) is 17.3 Å². The van der Waals surface area contributed by atoms with Gasteiger partial charge >= 0.3 is 5.97 Å². The summed E-state index contributed by atoms with van der Waals surface area (Å²) in [4.78, 5) is 26.3. The Morgan fingerprint density at radius 1 is 1.17 bits per heavy atom. The van der Waals surface area contributed by atoms with Crippen molar-refractivity contribution in [3.8, 4) is 17.6 Å². The standard InChI is InChI=1S/C34H32ClFN6O4/c1-33(28-9-6-21(35)16-38-28)45-27-5-3-4-25(31(27)46-33)41-13-12-40(23-7-8-24(23)41)17-29-39-30-22(36)14-20(32(43)44-2)15-26(30)42(29)19-34(18-37)10-11-34/h3-6,9,14-16,23-24H,7-8,10-13,17,19H2,1-2H3/t23-,24-,33-/m1/s1. The number of hydrogen-bond acceptors (Lipinski definition) is 9. The van der Waals surface area contributed by atoms with E-state index >= 15 is 4.39 Å². The number of ether oxygens (including phenoxy) is 3. The number of halogens is 2. The average molecular weight is 643 g/mol. The summed E-state index contributed by atoms with van der Waals surface area (Å²) < 4.78 is 34.9. The molecule has 4 aromatic rings. The van der Waals surface area contributed by atoms with Gasteiger partial charge in [0, 0.05) is 44.8 Å². The van der Waals surface area contributed by atoms with E-state index in [4.69, 9.17) is 30.8 Å². The number of nitriles is 1. The molecular formula is C34H32ClFN6O4. The van der Waals surface area contributed by atoms with E-state index in [0.29, 0.717) is 46.6 Å². The molecule has 8 rings (SSSR count). The maximum absolute atomic E-state index is 15.3. The smallest absolute Gasteiger partial charge is 0.338 e. The summed E-state index contributed by atoms with van der Waals surface area (Å²) in [6, 6.07) is 15.3. The van der Waals surface area contributed by atoms with Crippen LogP contribution in [0.3, 0.4) is 0 Å². The van der Waals surface area contributed by atoms with E-state index in [9.17, 15) is 10.1 Å². The lowest BCUT2D eigenvalue weighted by molar-refractivity contribution is -0.0717. The third kappa shape index (κ3) is 4.65. The lowest BCUT2D eigenvalue weighted by Gasteiger charge is -2.54. The second kappa shape index (κ2) is 10.6. The van der Waals surface area contributed by atoms with Gasteiger partial charge in [-0.15, -0.1) is 0 Å². The molecule has 0 unspecified atom stereocenters. The van der Waals surface area contributed by atoms with Gasteiger partial charge in [-0.2, -0.15) is 5.26 Å². The predicted octanol–water partition coefficient (Wildman–Crippen LogP) is 5.81. The molecule has 1 saturated heterocycles. The van der Waals surface area contributed by atoms with Gasteiger partial charge < -0.3 is 23.7 Å². The summed E-state index contributed by atoms with van der Waals surface area (Å²) in [5.74, 6) is -0.202. The zero-order valence-electron chi connectivity index (χ0n) is 25.5. The molecule has 0 radical (unpaired) electrons. The van der Waals surface area contributed by atoms with Gasteiger partial charge in [-0.3, -0.25) is 9.88 Å².